The minimum atomic E-state index is -0.638. The highest BCUT2D eigenvalue weighted by molar-refractivity contribution is 5.94. The molecule has 1 aliphatic carbocycles. The van der Waals surface area contributed by atoms with E-state index in [1.807, 2.05) is 4.90 Å². The minimum absolute atomic E-state index is 0.0134. The molecule has 0 bridgehead atoms. The van der Waals surface area contributed by atoms with Crippen LogP contribution in [-0.4, -0.2) is 71.0 Å². The van der Waals surface area contributed by atoms with Crippen LogP contribution in [0.5, 0.6) is 0 Å². The highest BCUT2D eigenvalue weighted by atomic mass is 16.5. The van der Waals surface area contributed by atoms with Crippen molar-refractivity contribution in [3.05, 3.63) is 27.9 Å². The third kappa shape index (κ3) is 2.77. The molecule has 8 heteroatoms. The van der Waals surface area contributed by atoms with Crippen molar-refractivity contribution >= 4 is 11.8 Å². The molecule has 4 heterocycles. The zero-order valence-electron chi connectivity index (χ0n) is 15.3. The summed E-state index contributed by atoms with van der Waals surface area (Å²) in [5.74, 6) is 0.747. The van der Waals surface area contributed by atoms with E-state index in [2.05, 4.69) is 9.97 Å². The maximum atomic E-state index is 13.2. The number of aromatic amines is 1. The van der Waals surface area contributed by atoms with Gasteiger partial charge in [-0.05, 0) is 25.7 Å². The van der Waals surface area contributed by atoms with E-state index in [4.69, 9.17) is 4.74 Å². The maximum absolute atomic E-state index is 13.2. The van der Waals surface area contributed by atoms with Gasteiger partial charge in [0.1, 0.15) is 11.5 Å². The van der Waals surface area contributed by atoms with E-state index < -0.39 is 5.41 Å². The molecule has 0 spiro atoms. The highest BCUT2D eigenvalue weighted by Gasteiger charge is 2.58. The van der Waals surface area contributed by atoms with Crippen LogP contribution < -0.4 is 5.56 Å². The van der Waals surface area contributed by atoms with E-state index in [-0.39, 0.29) is 34.9 Å². The molecule has 5 rings (SSSR count). The Hall–Kier alpha value is -2.22. The predicted octanol–water partition coefficient (Wildman–Crippen LogP) is 0.358. The van der Waals surface area contributed by atoms with Crippen LogP contribution in [0.15, 0.2) is 10.9 Å². The Kier molecular flexibility index (Phi) is 3.86. The molecule has 0 radical (unpaired) electrons. The Labute approximate surface area is 156 Å². The lowest BCUT2D eigenvalue weighted by atomic mass is 9.79. The van der Waals surface area contributed by atoms with Crippen molar-refractivity contribution in [3.63, 3.8) is 0 Å². The molecule has 2 amide bonds. The number of aromatic nitrogens is 2. The first-order chi connectivity index (χ1) is 13.1. The quantitative estimate of drug-likeness (QED) is 0.826. The van der Waals surface area contributed by atoms with Crippen LogP contribution >= 0.6 is 0 Å². The van der Waals surface area contributed by atoms with E-state index in [1.54, 1.807) is 4.90 Å². The van der Waals surface area contributed by atoms with Crippen molar-refractivity contribution in [2.75, 3.05) is 39.4 Å². The van der Waals surface area contributed by atoms with Gasteiger partial charge in [-0.1, -0.05) is 0 Å². The molecule has 27 heavy (non-hydrogen) atoms. The Balaban J connectivity index is 1.40. The molecule has 1 aromatic rings. The van der Waals surface area contributed by atoms with Crippen LogP contribution in [0.1, 0.15) is 47.9 Å². The summed E-state index contributed by atoms with van der Waals surface area (Å²) >= 11 is 0. The third-order valence-corrected chi connectivity index (χ3v) is 6.42. The number of H-pyrrole nitrogens is 1. The topological polar surface area (TPSA) is 95.6 Å². The predicted molar refractivity (Wildman–Crippen MR) is 95.3 cm³/mol. The lowest BCUT2D eigenvalue weighted by molar-refractivity contribution is -0.141. The standard InChI is InChI=1S/C19H24N4O4/c24-15-7-14(20-16(21-15)12-3-4-12)17(25)23-8-13-9-27-11-19(13,10-23)18(26)22-5-1-2-6-22/h7,12-13H,1-6,8-11H2,(H,20,21,24)/t13-,19-/m1/s1. The fraction of sp³-hybridized carbons (Fsp3) is 0.684. The Morgan fingerprint density at radius 3 is 2.74 bits per heavy atom. The summed E-state index contributed by atoms with van der Waals surface area (Å²) in [5.41, 5.74) is -0.744. The van der Waals surface area contributed by atoms with Gasteiger partial charge in [0.25, 0.3) is 11.5 Å². The zero-order valence-corrected chi connectivity index (χ0v) is 15.3. The highest BCUT2D eigenvalue weighted by Crippen LogP contribution is 2.44. The van der Waals surface area contributed by atoms with Crippen LogP contribution in [0, 0.1) is 11.3 Å². The molecular weight excluding hydrogens is 348 g/mol. The van der Waals surface area contributed by atoms with Crippen molar-refractivity contribution in [1.82, 2.24) is 19.8 Å². The van der Waals surface area contributed by atoms with Gasteiger partial charge in [-0.2, -0.15) is 0 Å². The summed E-state index contributed by atoms with van der Waals surface area (Å²) in [6.45, 7) is 3.28. The average Bonchev–Trinajstić information content (AvgIpc) is 3.06. The fourth-order valence-electron chi connectivity index (χ4n) is 4.73. The Morgan fingerprint density at radius 1 is 1.22 bits per heavy atom. The van der Waals surface area contributed by atoms with E-state index in [9.17, 15) is 14.4 Å². The van der Waals surface area contributed by atoms with E-state index in [0.29, 0.717) is 32.1 Å². The van der Waals surface area contributed by atoms with Crippen molar-refractivity contribution in [3.8, 4) is 0 Å². The molecule has 4 fully saturated rings. The van der Waals surface area contributed by atoms with Crippen molar-refractivity contribution < 1.29 is 14.3 Å². The van der Waals surface area contributed by atoms with Crippen LogP contribution in [0.3, 0.4) is 0 Å². The second-order valence-corrected chi connectivity index (χ2v) is 8.34. The Bertz CT molecular complexity index is 842. The first-order valence-electron chi connectivity index (χ1n) is 9.84. The summed E-state index contributed by atoms with van der Waals surface area (Å²) in [5, 5.41) is 0. The van der Waals surface area contributed by atoms with Gasteiger partial charge in [-0.15, -0.1) is 0 Å². The van der Waals surface area contributed by atoms with Gasteiger partial charge in [0.2, 0.25) is 5.91 Å². The smallest absolute Gasteiger partial charge is 0.272 e. The summed E-state index contributed by atoms with van der Waals surface area (Å²) in [6, 6.07) is 1.27. The number of nitrogens with zero attached hydrogens (tertiary/aromatic N) is 3. The van der Waals surface area contributed by atoms with Crippen LogP contribution in [0.4, 0.5) is 0 Å². The SMILES string of the molecule is O=C(c1cc(=O)[nH]c(C2CC2)n1)N1C[C@@H]2COC[C@]2(C(=O)N2CCCC2)C1. The molecule has 4 aliphatic rings. The third-order valence-electron chi connectivity index (χ3n) is 6.42. The van der Waals surface area contributed by atoms with Gasteiger partial charge in [-0.3, -0.25) is 14.4 Å². The number of hydrogen-bond acceptors (Lipinski definition) is 5. The number of likely N-dealkylation sites (tertiary alicyclic amines) is 2. The van der Waals surface area contributed by atoms with Gasteiger partial charge in [0.15, 0.2) is 0 Å². The van der Waals surface area contributed by atoms with Crippen LogP contribution in [0.25, 0.3) is 0 Å². The molecule has 2 atom stereocenters. The summed E-state index contributed by atoms with van der Waals surface area (Å²) < 4.78 is 5.65. The monoisotopic (exact) mass is 372 g/mol. The first-order valence-corrected chi connectivity index (χ1v) is 9.84. The maximum Gasteiger partial charge on any atom is 0.272 e. The molecule has 8 nitrogen and oxygen atoms in total. The lowest BCUT2D eigenvalue weighted by Crippen LogP contribution is -2.48. The molecular formula is C19H24N4O4. The second kappa shape index (κ2) is 6.15. The van der Waals surface area contributed by atoms with Crippen molar-refractivity contribution in [2.45, 2.75) is 31.6 Å². The largest absolute Gasteiger partial charge is 0.380 e. The minimum Gasteiger partial charge on any atom is -0.380 e. The van der Waals surface area contributed by atoms with Crippen molar-refractivity contribution in [2.24, 2.45) is 11.3 Å². The fourth-order valence-corrected chi connectivity index (χ4v) is 4.73. The number of ether oxygens (including phenoxy) is 1. The van der Waals surface area contributed by atoms with Gasteiger partial charge in [-0.25, -0.2) is 4.98 Å². The van der Waals surface area contributed by atoms with Gasteiger partial charge in [0, 0.05) is 44.1 Å². The Morgan fingerprint density at radius 2 is 2.00 bits per heavy atom. The zero-order chi connectivity index (χ0) is 18.6. The number of amides is 2. The summed E-state index contributed by atoms with van der Waals surface area (Å²) in [4.78, 5) is 49.0. The second-order valence-electron chi connectivity index (χ2n) is 8.34. The number of fused-ring (bicyclic) bond motifs is 1. The molecule has 1 aromatic heterocycles. The van der Waals surface area contributed by atoms with Crippen LogP contribution in [-0.2, 0) is 9.53 Å². The number of carbonyl (C=O) groups excluding carboxylic acids is 2. The lowest BCUT2D eigenvalue weighted by Gasteiger charge is -2.30. The van der Waals surface area contributed by atoms with E-state index in [1.165, 1.54) is 6.07 Å². The number of hydrogen-bond donors (Lipinski definition) is 1. The normalized spacial score (nSPS) is 30.0. The van der Waals surface area contributed by atoms with Gasteiger partial charge >= 0.3 is 0 Å². The molecule has 3 saturated heterocycles. The molecule has 3 aliphatic heterocycles. The van der Waals surface area contributed by atoms with Gasteiger partial charge in [0.05, 0.1) is 18.6 Å². The molecule has 0 unspecified atom stereocenters. The first kappa shape index (κ1) is 16.9. The number of carbonyl (C=O) groups is 2. The van der Waals surface area contributed by atoms with Gasteiger partial charge < -0.3 is 19.5 Å². The van der Waals surface area contributed by atoms with Crippen molar-refractivity contribution in [1.29, 1.82) is 0 Å². The van der Waals surface area contributed by atoms with Crippen LogP contribution in [0.2, 0.25) is 0 Å². The number of rotatable bonds is 3. The molecule has 1 N–H and O–H groups in total. The molecule has 1 saturated carbocycles. The number of nitrogens with one attached hydrogen (secondary N) is 1. The van der Waals surface area contributed by atoms with E-state index >= 15 is 0 Å². The summed E-state index contributed by atoms with van der Waals surface area (Å²) in [7, 11) is 0. The average molecular weight is 372 g/mol. The summed E-state index contributed by atoms with van der Waals surface area (Å²) in [6.07, 6.45) is 4.07. The molecule has 0 aromatic carbocycles. The molecule has 144 valence electrons. The van der Waals surface area contributed by atoms with E-state index in [0.717, 1.165) is 38.8 Å².